The first kappa shape index (κ1) is 25.6. The molecule has 6 heteroatoms. The molecule has 0 radical (unpaired) electrons. The van der Waals surface area contributed by atoms with Crippen LogP contribution in [0.1, 0.15) is 47.2 Å². The molecule has 0 aliphatic carbocycles. The van der Waals surface area contributed by atoms with E-state index in [1.165, 1.54) is 0 Å². The average molecular weight is 474 g/mol. The Labute approximate surface area is 206 Å². The first-order valence-electron chi connectivity index (χ1n) is 11.7. The van der Waals surface area contributed by atoms with Gasteiger partial charge in [0.2, 0.25) is 0 Å². The summed E-state index contributed by atoms with van der Waals surface area (Å²) in [5.41, 5.74) is 3.05. The third kappa shape index (κ3) is 8.66. The monoisotopic (exact) mass is 473 g/mol. The van der Waals surface area contributed by atoms with E-state index >= 15 is 0 Å². The number of carboxylic acids is 1. The number of hydrogen-bond donors (Lipinski definition) is 2. The third-order valence-corrected chi connectivity index (χ3v) is 5.41. The lowest BCUT2D eigenvalue weighted by atomic mass is 10.1. The van der Waals surface area contributed by atoms with E-state index < -0.39 is 5.97 Å². The summed E-state index contributed by atoms with van der Waals surface area (Å²) in [7, 11) is 1.65. The van der Waals surface area contributed by atoms with E-state index in [1.54, 1.807) is 49.6 Å². The zero-order chi connectivity index (χ0) is 24.9. The summed E-state index contributed by atoms with van der Waals surface area (Å²) in [4.78, 5) is 23.5. The van der Waals surface area contributed by atoms with Crippen molar-refractivity contribution >= 4 is 23.6 Å². The molecule has 0 unspecified atom stereocenters. The Kier molecular flexibility index (Phi) is 9.93. The van der Waals surface area contributed by atoms with Crippen LogP contribution in [0.25, 0.3) is 6.08 Å². The second-order valence-corrected chi connectivity index (χ2v) is 8.06. The number of carboxylic acid groups (broad SMARTS) is 1. The highest BCUT2D eigenvalue weighted by Crippen LogP contribution is 2.25. The number of amides is 1. The molecule has 1 amide bonds. The molecule has 6 nitrogen and oxygen atoms in total. The molecule has 2 N–H and O–H groups in total. The summed E-state index contributed by atoms with van der Waals surface area (Å²) in [6, 6.07) is 22.2. The van der Waals surface area contributed by atoms with Crippen LogP contribution in [0.15, 0.2) is 78.9 Å². The van der Waals surface area contributed by atoms with E-state index in [-0.39, 0.29) is 12.3 Å². The van der Waals surface area contributed by atoms with E-state index in [0.29, 0.717) is 30.0 Å². The van der Waals surface area contributed by atoms with Gasteiger partial charge in [-0.2, -0.15) is 0 Å². The van der Waals surface area contributed by atoms with E-state index in [1.807, 2.05) is 30.3 Å². The molecule has 3 aromatic rings. The predicted octanol–water partition coefficient (Wildman–Crippen LogP) is 6.23. The first-order chi connectivity index (χ1) is 17.0. The summed E-state index contributed by atoms with van der Waals surface area (Å²) in [5, 5.41) is 12.0. The number of ether oxygens (including phenoxy) is 2. The predicted molar refractivity (Wildman–Crippen MR) is 138 cm³/mol. The van der Waals surface area contributed by atoms with Crippen LogP contribution in [0.4, 0.5) is 5.69 Å². The van der Waals surface area contributed by atoms with Gasteiger partial charge in [0.15, 0.2) is 0 Å². The molecule has 0 saturated heterocycles. The number of allylic oxidation sites excluding steroid dienone is 1. The Morgan fingerprint density at radius 1 is 0.971 bits per heavy atom. The lowest BCUT2D eigenvalue weighted by molar-refractivity contribution is -0.136. The molecule has 0 saturated carbocycles. The van der Waals surface area contributed by atoms with Crippen molar-refractivity contribution in [2.45, 2.75) is 32.1 Å². The number of carbonyl (C=O) groups is 2. The summed E-state index contributed by atoms with van der Waals surface area (Å²) >= 11 is 0. The Morgan fingerprint density at radius 2 is 1.74 bits per heavy atom. The van der Waals surface area contributed by atoms with E-state index in [0.717, 1.165) is 36.1 Å². The molecule has 0 heterocycles. The Bertz CT molecular complexity index is 1120. The molecular weight excluding hydrogens is 442 g/mol. The van der Waals surface area contributed by atoms with E-state index in [9.17, 15) is 9.59 Å². The molecule has 3 rings (SSSR count). The second kappa shape index (κ2) is 13.6. The summed E-state index contributed by atoms with van der Waals surface area (Å²) < 4.78 is 11.1. The first-order valence-corrected chi connectivity index (χ1v) is 11.7. The fourth-order valence-electron chi connectivity index (χ4n) is 3.51. The van der Waals surface area contributed by atoms with Gasteiger partial charge in [-0.25, -0.2) is 0 Å². The number of anilines is 1. The minimum absolute atomic E-state index is 0.0113. The van der Waals surface area contributed by atoms with E-state index in [2.05, 4.69) is 17.5 Å². The van der Waals surface area contributed by atoms with Crippen LogP contribution in [0, 0.1) is 0 Å². The summed E-state index contributed by atoms with van der Waals surface area (Å²) in [6.07, 6.45) is 7.33. The molecule has 0 fully saturated rings. The maximum Gasteiger partial charge on any atom is 0.303 e. The molecule has 0 spiro atoms. The van der Waals surface area contributed by atoms with Gasteiger partial charge >= 0.3 is 5.97 Å². The number of aryl methyl sites for hydroxylation is 1. The van der Waals surface area contributed by atoms with Crippen LogP contribution in [0.3, 0.4) is 0 Å². The number of nitrogens with one attached hydrogen (secondary N) is 1. The zero-order valence-corrected chi connectivity index (χ0v) is 19.9. The van der Waals surface area contributed by atoms with Crippen molar-refractivity contribution < 1.29 is 24.2 Å². The number of rotatable bonds is 13. The highest BCUT2D eigenvalue weighted by atomic mass is 16.5. The zero-order valence-electron chi connectivity index (χ0n) is 19.9. The van der Waals surface area contributed by atoms with Gasteiger partial charge in [0.05, 0.1) is 13.7 Å². The van der Waals surface area contributed by atoms with Gasteiger partial charge in [0.1, 0.15) is 11.5 Å². The van der Waals surface area contributed by atoms with Crippen molar-refractivity contribution in [3.8, 4) is 11.5 Å². The smallest absolute Gasteiger partial charge is 0.303 e. The molecule has 35 heavy (non-hydrogen) atoms. The number of unbranched alkanes of at least 4 members (excludes halogenated alkanes) is 2. The van der Waals surface area contributed by atoms with Crippen LogP contribution in [0.2, 0.25) is 0 Å². The van der Waals surface area contributed by atoms with Gasteiger partial charge in [-0.3, -0.25) is 9.59 Å². The molecule has 0 aliphatic rings. The van der Waals surface area contributed by atoms with Gasteiger partial charge in [0, 0.05) is 17.7 Å². The highest BCUT2D eigenvalue weighted by Gasteiger charge is 2.11. The van der Waals surface area contributed by atoms with Gasteiger partial charge in [0.25, 0.3) is 5.91 Å². The Hall–Kier alpha value is -4.06. The number of benzene rings is 3. The topological polar surface area (TPSA) is 84.9 Å². The van der Waals surface area contributed by atoms with Crippen LogP contribution < -0.4 is 14.8 Å². The molecule has 0 aromatic heterocycles. The standard InChI is InChI=1S/C29H31NO5/c1-34-26-16-12-22(13-17-26)9-5-2-3-8-20-35-27-18-15-25(21-24(27)14-19-28(31)32)30-29(33)23-10-6-4-7-11-23/h4-7,9-13,15-18,21H,2-3,8,14,19-20H2,1H3,(H,30,33)(H,31,32). The van der Waals surface area contributed by atoms with Crippen molar-refractivity contribution in [2.24, 2.45) is 0 Å². The lowest BCUT2D eigenvalue weighted by Crippen LogP contribution is -2.12. The normalized spacial score (nSPS) is 10.8. The molecular formula is C29H31NO5. The molecule has 0 atom stereocenters. The second-order valence-electron chi connectivity index (χ2n) is 8.06. The van der Waals surface area contributed by atoms with Crippen molar-refractivity contribution in [3.63, 3.8) is 0 Å². The fraction of sp³-hybridized carbons (Fsp3) is 0.241. The lowest BCUT2D eigenvalue weighted by Gasteiger charge is -2.13. The molecule has 182 valence electrons. The van der Waals surface area contributed by atoms with Gasteiger partial charge in [-0.15, -0.1) is 0 Å². The number of methoxy groups -OCH3 is 1. The van der Waals surface area contributed by atoms with Crippen molar-refractivity contribution in [2.75, 3.05) is 19.0 Å². The number of hydrogen-bond acceptors (Lipinski definition) is 4. The molecule has 3 aromatic carbocycles. The Morgan fingerprint density at radius 3 is 2.46 bits per heavy atom. The van der Waals surface area contributed by atoms with Crippen molar-refractivity contribution in [1.82, 2.24) is 0 Å². The van der Waals surface area contributed by atoms with Crippen molar-refractivity contribution in [3.05, 3.63) is 95.6 Å². The van der Waals surface area contributed by atoms with E-state index in [4.69, 9.17) is 14.6 Å². The molecule has 0 bridgehead atoms. The largest absolute Gasteiger partial charge is 0.497 e. The number of aliphatic carboxylic acids is 1. The van der Waals surface area contributed by atoms with Crippen LogP contribution in [-0.4, -0.2) is 30.7 Å². The SMILES string of the molecule is COc1ccc(C=CCCCCOc2ccc(NC(=O)c3ccccc3)cc2CCC(=O)O)cc1. The summed E-state index contributed by atoms with van der Waals surface area (Å²) in [6.45, 7) is 0.534. The highest BCUT2D eigenvalue weighted by molar-refractivity contribution is 6.04. The quantitative estimate of drug-likeness (QED) is 0.288. The van der Waals surface area contributed by atoms with Gasteiger partial charge < -0.3 is 19.9 Å². The van der Waals surface area contributed by atoms with Crippen LogP contribution in [-0.2, 0) is 11.2 Å². The number of carbonyl (C=O) groups excluding carboxylic acids is 1. The van der Waals surface area contributed by atoms with Crippen LogP contribution >= 0.6 is 0 Å². The van der Waals surface area contributed by atoms with Gasteiger partial charge in [-0.1, -0.05) is 42.5 Å². The third-order valence-electron chi connectivity index (χ3n) is 5.41. The fourth-order valence-corrected chi connectivity index (χ4v) is 3.51. The minimum Gasteiger partial charge on any atom is -0.497 e. The minimum atomic E-state index is -0.877. The average Bonchev–Trinajstić information content (AvgIpc) is 2.88. The summed E-state index contributed by atoms with van der Waals surface area (Å²) in [5.74, 6) is 0.399. The maximum absolute atomic E-state index is 12.4. The van der Waals surface area contributed by atoms with Crippen molar-refractivity contribution in [1.29, 1.82) is 0 Å². The van der Waals surface area contributed by atoms with Crippen LogP contribution in [0.5, 0.6) is 11.5 Å². The maximum atomic E-state index is 12.4. The Balaban J connectivity index is 1.50. The van der Waals surface area contributed by atoms with Gasteiger partial charge in [-0.05, 0) is 79.3 Å². The molecule has 0 aliphatic heterocycles.